The number of hydrogen-bond acceptors (Lipinski definition) is 7. The van der Waals surface area contributed by atoms with Gasteiger partial charge in [0.25, 0.3) is 10.0 Å². The highest BCUT2D eigenvalue weighted by Gasteiger charge is 2.42. The van der Waals surface area contributed by atoms with Crippen molar-refractivity contribution < 1.29 is 13.2 Å². The van der Waals surface area contributed by atoms with Crippen LogP contribution in [-0.4, -0.2) is 68.3 Å². The molecule has 0 saturated carbocycles. The molecule has 1 fully saturated rings. The van der Waals surface area contributed by atoms with E-state index in [0.29, 0.717) is 47.0 Å². The third kappa shape index (κ3) is 5.07. The lowest BCUT2D eigenvalue weighted by atomic mass is 10.2. The summed E-state index contributed by atoms with van der Waals surface area (Å²) in [7, 11) is 0.0358. The Morgan fingerprint density at radius 1 is 1.21 bits per heavy atom. The van der Waals surface area contributed by atoms with Crippen LogP contribution in [0.1, 0.15) is 18.4 Å². The number of rotatable bonds is 7. The SMILES string of the molecule is Cc1cc(Cl)cc2sc(N(CCN(C)C)C(=O)C3CCCN3S(=O)(=O)c3ccc(Cl)s3)nc12. The van der Waals surface area contributed by atoms with Crippen molar-refractivity contribution in [3.05, 3.63) is 39.2 Å². The number of nitrogens with zero attached hydrogens (tertiary/aromatic N) is 4. The quantitative estimate of drug-likeness (QED) is 0.428. The number of hydrogen-bond donors (Lipinski definition) is 0. The fourth-order valence-corrected chi connectivity index (χ4v) is 8.58. The first-order chi connectivity index (χ1) is 15.6. The van der Waals surface area contributed by atoms with Gasteiger partial charge in [-0.15, -0.1) is 11.3 Å². The monoisotopic (exact) mass is 546 g/mol. The first kappa shape index (κ1) is 24.8. The highest BCUT2D eigenvalue weighted by molar-refractivity contribution is 7.91. The highest BCUT2D eigenvalue weighted by atomic mass is 35.5. The van der Waals surface area contributed by atoms with Gasteiger partial charge in [0.2, 0.25) is 5.91 Å². The first-order valence-corrected chi connectivity index (χ1v) is 14.2. The van der Waals surface area contributed by atoms with Gasteiger partial charge < -0.3 is 4.90 Å². The van der Waals surface area contributed by atoms with Gasteiger partial charge in [-0.2, -0.15) is 4.31 Å². The molecule has 2 aromatic heterocycles. The van der Waals surface area contributed by atoms with E-state index in [1.54, 1.807) is 11.0 Å². The van der Waals surface area contributed by atoms with Gasteiger partial charge >= 0.3 is 0 Å². The summed E-state index contributed by atoms with van der Waals surface area (Å²) in [6, 6.07) is 5.95. The Morgan fingerprint density at radius 2 is 1.97 bits per heavy atom. The zero-order valence-corrected chi connectivity index (χ0v) is 22.4. The number of halogens is 2. The number of benzene rings is 1. The molecule has 7 nitrogen and oxygen atoms in total. The highest BCUT2D eigenvalue weighted by Crippen LogP contribution is 2.36. The molecular weight excluding hydrogens is 523 g/mol. The van der Waals surface area contributed by atoms with E-state index in [1.807, 2.05) is 38.1 Å². The molecule has 3 aromatic rings. The van der Waals surface area contributed by atoms with Crippen molar-refractivity contribution in [2.24, 2.45) is 0 Å². The van der Waals surface area contributed by atoms with Crippen molar-refractivity contribution in [1.29, 1.82) is 0 Å². The molecule has 4 rings (SSSR count). The average Bonchev–Trinajstić information content (AvgIpc) is 3.47. The second-order valence-corrected chi connectivity index (χ2v) is 13.5. The minimum atomic E-state index is -3.82. The number of likely N-dealkylation sites (N-methyl/N-ethyl adjacent to an activating group) is 1. The van der Waals surface area contributed by atoms with E-state index in [9.17, 15) is 13.2 Å². The molecule has 1 aromatic carbocycles. The molecule has 0 radical (unpaired) electrons. The van der Waals surface area contributed by atoms with Gasteiger partial charge in [0.15, 0.2) is 5.13 Å². The minimum Gasteiger partial charge on any atom is -0.308 e. The van der Waals surface area contributed by atoms with Gasteiger partial charge in [-0.25, -0.2) is 13.4 Å². The first-order valence-electron chi connectivity index (χ1n) is 10.4. The predicted octanol–water partition coefficient (Wildman–Crippen LogP) is 4.72. The van der Waals surface area contributed by atoms with E-state index >= 15 is 0 Å². The second kappa shape index (κ2) is 9.77. The van der Waals surface area contributed by atoms with E-state index in [-0.39, 0.29) is 10.1 Å². The maximum atomic E-state index is 13.8. The van der Waals surface area contributed by atoms with E-state index in [1.165, 1.54) is 21.7 Å². The van der Waals surface area contributed by atoms with Crippen LogP contribution in [0.25, 0.3) is 10.2 Å². The van der Waals surface area contributed by atoms with Crippen LogP contribution in [0, 0.1) is 6.92 Å². The second-order valence-electron chi connectivity index (χ2n) is 8.19. The summed E-state index contributed by atoms with van der Waals surface area (Å²) in [6.45, 7) is 3.24. The number of sulfonamides is 1. The number of thiazole rings is 1. The van der Waals surface area contributed by atoms with Crippen LogP contribution in [0.3, 0.4) is 0 Å². The van der Waals surface area contributed by atoms with Gasteiger partial charge in [0.05, 0.1) is 14.6 Å². The van der Waals surface area contributed by atoms with Gasteiger partial charge in [-0.1, -0.05) is 34.5 Å². The van der Waals surface area contributed by atoms with Crippen molar-refractivity contribution in [2.45, 2.75) is 30.0 Å². The Bertz CT molecular complexity index is 1290. The summed E-state index contributed by atoms with van der Waals surface area (Å²) < 4.78 is 29.3. The van der Waals surface area contributed by atoms with Crippen molar-refractivity contribution in [2.75, 3.05) is 38.6 Å². The lowest BCUT2D eigenvalue weighted by Crippen LogP contribution is -2.49. The van der Waals surface area contributed by atoms with Gasteiger partial charge in [0.1, 0.15) is 10.3 Å². The smallest absolute Gasteiger partial charge is 0.253 e. The normalized spacial score (nSPS) is 17.3. The van der Waals surface area contributed by atoms with E-state index in [0.717, 1.165) is 27.1 Å². The largest absolute Gasteiger partial charge is 0.308 e. The zero-order valence-electron chi connectivity index (χ0n) is 18.4. The summed E-state index contributed by atoms with van der Waals surface area (Å²) in [5, 5.41) is 1.16. The van der Waals surface area contributed by atoms with Crippen LogP contribution < -0.4 is 4.90 Å². The molecule has 1 aliphatic heterocycles. The van der Waals surface area contributed by atoms with Crippen LogP contribution >= 0.6 is 45.9 Å². The Labute approximate surface area is 211 Å². The molecule has 0 aliphatic carbocycles. The fraction of sp³-hybridized carbons (Fsp3) is 0.429. The molecule has 3 heterocycles. The summed E-state index contributed by atoms with van der Waals surface area (Å²) >= 11 is 14.6. The lowest BCUT2D eigenvalue weighted by molar-refractivity contribution is -0.121. The predicted molar refractivity (Wildman–Crippen MR) is 137 cm³/mol. The van der Waals surface area contributed by atoms with Crippen LogP contribution in [0.2, 0.25) is 9.36 Å². The van der Waals surface area contributed by atoms with Crippen LogP contribution in [0.4, 0.5) is 5.13 Å². The maximum Gasteiger partial charge on any atom is 0.253 e. The van der Waals surface area contributed by atoms with Crippen molar-refractivity contribution in [3.8, 4) is 0 Å². The molecular formula is C21H24Cl2N4O3S3. The van der Waals surface area contributed by atoms with Crippen molar-refractivity contribution in [1.82, 2.24) is 14.2 Å². The molecule has 12 heteroatoms. The van der Waals surface area contributed by atoms with Crippen molar-refractivity contribution in [3.63, 3.8) is 0 Å². The molecule has 0 bridgehead atoms. The van der Waals surface area contributed by atoms with E-state index in [2.05, 4.69) is 0 Å². The van der Waals surface area contributed by atoms with E-state index < -0.39 is 16.1 Å². The Kier molecular flexibility index (Phi) is 7.35. The third-order valence-electron chi connectivity index (χ3n) is 5.51. The van der Waals surface area contributed by atoms with Crippen LogP contribution in [0.5, 0.6) is 0 Å². The number of aryl methyl sites for hydroxylation is 1. The van der Waals surface area contributed by atoms with Gasteiger partial charge in [-0.05, 0) is 63.7 Å². The van der Waals surface area contributed by atoms with Gasteiger partial charge in [0, 0.05) is 24.7 Å². The van der Waals surface area contributed by atoms with E-state index in [4.69, 9.17) is 28.2 Å². The molecule has 0 spiro atoms. The number of carbonyl (C=O) groups excluding carboxylic acids is 1. The third-order valence-corrected chi connectivity index (χ3v) is 10.4. The number of thiophene rings is 1. The van der Waals surface area contributed by atoms with Crippen LogP contribution in [-0.2, 0) is 14.8 Å². The van der Waals surface area contributed by atoms with Gasteiger partial charge in [-0.3, -0.25) is 9.69 Å². The Hall–Kier alpha value is -1.27. The fourth-order valence-electron chi connectivity index (χ4n) is 3.86. The molecule has 1 atom stereocenters. The average molecular weight is 548 g/mol. The molecule has 1 unspecified atom stereocenters. The summed E-state index contributed by atoms with van der Waals surface area (Å²) in [4.78, 5) is 22.1. The molecule has 33 heavy (non-hydrogen) atoms. The maximum absolute atomic E-state index is 13.8. The Balaban J connectivity index is 1.70. The Morgan fingerprint density at radius 3 is 2.64 bits per heavy atom. The molecule has 1 saturated heterocycles. The number of anilines is 1. The number of fused-ring (bicyclic) bond motifs is 1. The summed E-state index contributed by atoms with van der Waals surface area (Å²) in [5.41, 5.74) is 1.73. The molecule has 0 N–H and O–H groups in total. The molecule has 1 aliphatic rings. The van der Waals surface area contributed by atoms with Crippen molar-refractivity contribution >= 4 is 77.2 Å². The lowest BCUT2D eigenvalue weighted by Gasteiger charge is -2.29. The number of carbonyl (C=O) groups is 1. The topological polar surface area (TPSA) is 73.8 Å². The number of amides is 1. The standard InChI is InChI=1S/C21H24Cl2N4O3S3/c1-13-11-14(22)12-16-19(13)24-21(31-16)26(10-9-25(2)3)20(28)15-5-4-8-27(15)33(29,30)18-7-6-17(23)32-18/h6-7,11-12,15H,4-5,8-10H2,1-3H3. The molecule has 178 valence electrons. The minimum absolute atomic E-state index is 0.150. The molecule has 1 amide bonds. The summed E-state index contributed by atoms with van der Waals surface area (Å²) in [6.07, 6.45) is 1.08. The van der Waals surface area contributed by atoms with Crippen LogP contribution in [0.15, 0.2) is 28.5 Å². The summed E-state index contributed by atoms with van der Waals surface area (Å²) in [5.74, 6) is -0.261. The number of aromatic nitrogens is 1. The zero-order chi connectivity index (χ0) is 23.9.